The van der Waals surface area contributed by atoms with E-state index in [0.717, 1.165) is 17.5 Å². The molecule has 2 rings (SSSR count). The van der Waals surface area contributed by atoms with Crippen molar-refractivity contribution in [1.29, 1.82) is 0 Å². The van der Waals surface area contributed by atoms with Crippen LogP contribution in [0.25, 0.3) is 0 Å². The maximum atomic E-state index is 12.0. The summed E-state index contributed by atoms with van der Waals surface area (Å²) in [6.07, 6.45) is 0.818. The molecule has 0 atom stereocenters. The van der Waals surface area contributed by atoms with E-state index in [-0.39, 0.29) is 11.2 Å². The van der Waals surface area contributed by atoms with Crippen LogP contribution in [0, 0.1) is 5.41 Å². The molecule has 0 heterocycles. The third-order valence-corrected chi connectivity index (χ3v) is 2.81. The van der Waals surface area contributed by atoms with Crippen molar-refractivity contribution in [3.8, 4) is 5.75 Å². The summed E-state index contributed by atoms with van der Waals surface area (Å²) in [6, 6.07) is 5.79. The summed E-state index contributed by atoms with van der Waals surface area (Å²) in [5.41, 5.74) is 1.62. The van der Waals surface area contributed by atoms with E-state index in [0.29, 0.717) is 5.75 Å². The Balaban J connectivity index is 2.60. The Labute approximate surface area is 83.9 Å². The van der Waals surface area contributed by atoms with Gasteiger partial charge in [0.2, 0.25) is 0 Å². The van der Waals surface area contributed by atoms with Crippen LogP contribution in [0.3, 0.4) is 0 Å². The maximum Gasteiger partial charge on any atom is 0.172 e. The molecule has 1 aromatic carbocycles. The first-order valence-electron chi connectivity index (χ1n) is 4.77. The molecule has 14 heavy (non-hydrogen) atoms. The lowest BCUT2D eigenvalue weighted by Crippen LogP contribution is -2.19. The number of benzene rings is 1. The lowest BCUT2D eigenvalue weighted by atomic mass is 9.89. The molecule has 0 N–H and O–H groups in total. The van der Waals surface area contributed by atoms with Gasteiger partial charge in [-0.1, -0.05) is 26.0 Å². The summed E-state index contributed by atoms with van der Waals surface area (Å²) < 4.78 is 5.20. The lowest BCUT2D eigenvalue weighted by Gasteiger charge is -2.13. The number of hydrogen-bond donors (Lipinski definition) is 0. The lowest BCUT2D eigenvalue weighted by molar-refractivity contribution is 0.0861. The van der Waals surface area contributed by atoms with Gasteiger partial charge in [-0.2, -0.15) is 0 Å². The molecule has 2 nitrogen and oxygen atoms in total. The minimum absolute atomic E-state index is 0.199. The van der Waals surface area contributed by atoms with Gasteiger partial charge >= 0.3 is 0 Å². The largest absolute Gasteiger partial charge is 0.496 e. The fourth-order valence-corrected chi connectivity index (χ4v) is 2.05. The third kappa shape index (κ3) is 1.14. The first-order chi connectivity index (χ1) is 6.56. The number of rotatable bonds is 1. The van der Waals surface area contributed by atoms with E-state index in [1.807, 2.05) is 32.0 Å². The molecule has 0 amide bonds. The van der Waals surface area contributed by atoms with Gasteiger partial charge < -0.3 is 4.74 Å². The van der Waals surface area contributed by atoms with Crippen LogP contribution in [0.1, 0.15) is 29.8 Å². The fraction of sp³-hybridized carbons (Fsp3) is 0.417. The molecule has 1 aromatic rings. The van der Waals surface area contributed by atoms with E-state index in [1.165, 1.54) is 0 Å². The van der Waals surface area contributed by atoms with Crippen molar-refractivity contribution < 1.29 is 9.53 Å². The molecule has 0 fully saturated rings. The second kappa shape index (κ2) is 2.84. The Morgan fingerprint density at radius 2 is 2.07 bits per heavy atom. The average Bonchev–Trinajstić information content (AvgIpc) is 2.37. The molecule has 2 heteroatoms. The second-order valence-electron chi connectivity index (χ2n) is 4.38. The summed E-state index contributed by atoms with van der Waals surface area (Å²) in [5, 5.41) is 0. The number of Topliss-reactive ketones (excluding diaryl/α,β-unsaturated/α-hetero) is 1. The van der Waals surface area contributed by atoms with Crippen LogP contribution in [0.5, 0.6) is 5.75 Å². The number of carbonyl (C=O) groups excluding carboxylic acids is 1. The SMILES string of the molecule is COc1cccc2c1C(=O)C(C)(C)C2. The molecule has 0 spiro atoms. The van der Waals surface area contributed by atoms with Gasteiger partial charge in [-0.25, -0.2) is 0 Å². The number of ether oxygens (including phenoxy) is 1. The van der Waals surface area contributed by atoms with Gasteiger partial charge in [-0.05, 0) is 18.1 Å². The molecule has 1 aliphatic rings. The number of fused-ring (bicyclic) bond motifs is 1. The highest BCUT2D eigenvalue weighted by Gasteiger charge is 2.39. The fourth-order valence-electron chi connectivity index (χ4n) is 2.05. The van der Waals surface area contributed by atoms with Gasteiger partial charge in [0.1, 0.15) is 5.75 Å². The van der Waals surface area contributed by atoms with Gasteiger partial charge in [0.15, 0.2) is 5.78 Å². The maximum absolute atomic E-state index is 12.0. The molecule has 0 saturated carbocycles. The summed E-state index contributed by atoms with van der Waals surface area (Å²) >= 11 is 0. The number of methoxy groups -OCH3 is 1. The predicted molar refractivity (Wildman–Crippen MR) is 54.8 cm³/mol. The second-order valence-corrected chi connectivity index (χ2v) is 4.38. The summed E-state index contributed by atoms with van der Waals surface area (Å²) in [7, 11) is 1.61. The number of ketones is 1. The monoisotopic (exact) mass is 190 g/mol. The quantitative estimate of drug-likeness (QED) is 0.680. The van der Waals surface area contributed by atoms with Crippen LogP contribution in [-0.2, 0) is 6.42 Å². The molecule has 0 saturated heterocycles. The first-order valence-corrected chi connectivity index (χ1v) is 4.77. The van der Waals surface area contributed by atoms with Gasteiger partial charge in [0.25, 0.3) is 0 Å². The zero-order chi connectivity index (χ0) is 10.3. The van der Waals surface area contributed by atoms with Crippen LogP contribution >= 0.6 is 0 Å². The Morgan fingerprint density at radius 1 is 1.36 bits per heavy atom. The van der Waals surface area contributed by atoms with E-state index in [9.17, 15) is 4.79 Å². The van der Waals surface area contributed by atoms with Crippen molar-refractivity contribution in [3.05, 3.63) is 29.3 Å². The van der Waals surface area contributed by atoms with Gasteiger partial charge in [0, 0.05) is 5.41 Å². The molecule has 1 aliphatic carbocycles. The highest BCUT2D eigenvalue weighted by molar-refractivity contribution is 6.06. The Hall–Kier alpha value is -1.31. The van der Waals surface area contributed by atoms with Crippen LogP contribution in [-0.4, -0.2) is 12.9 Å². The standard InChI is InChI=1S/C12H14O2/c1-12(2)7-8-5-4-6-9(14-3)10(8)11(12)13/h4-6H,7H2,1-3H3. The van der Waals surface area contributed by atoms with Crippen LogP contribution in [0.15, 0.2) is 18.2 Å². The number of carbonyl (C=O) groups is 1. The summed E-state index contributed by atoms with van der Waals surface area (Å²) in [5.74, 6) is 0.906. The van der Waals surface area contributed by atoms with Gasteiger partial charge in [0.05, 0.1) is 12.7 Å². The van der Waals surface area contributed by atoms with E-state index in [4.69, 9.17) is 4.74 Å². The molecule has 0 bridgehead atoms. The van der Waals surface area contributed by atoms with E-state index in [1.54, 1.807) is 7.11 Å². The Kier molecular flexibility index (Phi) is 1.88. The van der Waals surface area contributed by atoms with Gasteiger partial charge in [-0.3, -0.25) is 4.79 Å². The van der Waals surface area contributed by atoms with E-state index in [2.05, 4.69) is 0 Å². The summed E-state index contributed by atoms with van der Waals surface area (Å²) in [4.78, 5) is 12.0. The highest BCUT2D eigenvalue weighted by Crippen LogP contribution is 2.40. The zero-order valence-electron chi connectivity index (χ0n) is 8.76. The minimum Gasteiger partial charge on any atom is -0.496 e. The average molecular weight is 190 g/mol. The van der Waals surface area contributed by atoms with E-state index < -0.39 is 0 Å². The zero-order valence-corrected chi connectivity index (χ0v) is 8.76. The summed E-state index contributed by atoms with van der Waals surface area (Å²) in [6.45, 7) is 3.96. The topological polar surface area (TPSA) is 26.3 Å². The molecular weight excluding hydrogens is 176 g/mol. The molecule has 0 radical (unpaired) electrons. The third-order valence-electron chi connectivity index (χ3n) is 2.81. The van der Waals surface area contributed by atoms with Crippen LogP contribution < -0.4 is 4.74 Å². The van der Waals surface area contributed by atoms with E-state index >= 15 is 0 Å². The number of hydrogen-bond acceptors (Lipinski definition) is 2. The Bertz CT molecular complexity index is 391. The van der Waals surface area contributed by atoms with Crippen molar-refractivity contribution in [2.75, 3.05) is 7.11 Å². The Morgan fingerprint density at radius 3 is 2.71 bits per heavy atom. The van der Waals surface area contributed by atoms with Crippen LogP contribution in [0.4, 0.5) is 0 Å². The normalized spacial score (nSPS) is 18.1. The van der Waals surface area contributed by atoms with Crippen molar-refractivity contribution in [2.24, 2.45) is 5.41 Å². The first kappa shape index (κ1) is 9.25. The van der Waals surface area contributed by atoms with Crippen LogP contribution in [0.2, 0.25) is 0 Å². The highest BCUT2D eigenvalue weighted by atomic mass is 16.5. The molecule has 0 aromatic heterocycles. The molecule has 0 aliphatic heterocycles. The van der Waals surface area contributed by atoms with Crippen molar-refractivity contribution in [2.45, 2.75) is 20.3 Å². The van der Waals surface area contributed by atoms with Crippen molar-refractivity contribution in [3.63, 3.8) is 0 Å². The predicted octanol–water partition coefficient (Wildman–Crippen LogP) is 2.46. The van der Waals surface area contributed by atoms with Gasteiger partial charge in [-0.15, -0.1) is 0 Å². The van der Waals surface area contributed by atoms with Crippen molar-refractivity contribution in [1.82, 2.24) is 0 Å². The van der Waals surface area contributed by atoms with Crippen molar-refractivity contribution >= 4 is 5.78 Å². The molecule has 0 unspecified atom stereocenters. The minimum atomic E-state index is -0.267. The molecule has 74 valence electrons. The smallest absolute Gasteiger partial charge is 0.172 e. The molecular formula is C12H14O2.